The van der Waals surface area contributed by atoms with Crippen molar-refractivity contribution >= 4 is 84.8 Å². The fraction of sp³-hybridized carbons (Fsp3) is 0. The summed E-state index contributed by atoms with van der Waals surface area (Å²) in [5.74, 6) is 2.00. The van der Waals surface area contributed by atoms with Gasteiger partial charge >= 0.3 is 0 Å². The van der Waals surface area contributed by atoms with Crippen molar-refractivity contribution in [3.63, 3.8) is 0 Å². The van der Waals surface area contributed by atoms with Gasteiger partial charge < -0.3 is 4.57 Å². The molecule has 12 aromatic rings. The van der Waals surface area contributed by atoms with Gasteiger partial charge in [-0.1, -0.05) is 133 Å². The van der Waals surface area contributed by atoms with Gasteiger partial charge in [-0.05, 0) is 59.7 Å². The number of hydrogen-bond donors (Lipinski definition) is 0. The lowest BCUT2D eigenvalue weighted by Crippen LogP contribution is -1.99. The van der Waals surface area contributed by atoms with Gasteiger partial charge in [0.1, 0.15) is 0 Å². The highest BCUT2D eigenvalue weighted by Crippen LogP contribution is 2.44. The molecule has 0 aliphatic rings. The first-order valence-electron chi connectivity index (χ1n) is 19.0. The molecule has 0 atom stereocenters. The van der Waals surface area contributed by atoms with E-state index in [2.05, 4.69) is 126 Å². The smallest absolute Gasteiger partial charge is 0.164 e. The quantitative estimate of drug-likeness (QED) is 0.175. The van der Waals surface area contributed by atoms with Gasteiger partial charge in [0.2, 0.25) is 0 Å². The number of thiophene rings is 2. The third-order valence-electron chi connectivity index (χ3n) is 11.1. The summed E-state index contributed by atoms with van der Waals surface area (Å²) >= 11 is 3.69. The zero-order valence-corrected chi connectivity index (χ0v) is 32.1. The minimum atomic E-state index is 0.665. The SMILES string of the molecule is c1ccc(-c2nc(-c3ccccc3)nc(-c3ccc4c(c3)sc3ccc(-c5cccc6sc7cc(-n8c9ccccc9c9ccccc98)ccc7c56)cc34)n2)cc1. The van der Waals surface area contributed by atoms with Gasteiger partial charge in [-0.2, -0.15) is 0 Å². The highest BCUT2D eigenvalue weighted by Gasteiger charge is 2.18. The number of hydrogen-bond acceptors (Lipinski definition) is 5. The lowest BCUT2D eigenvalue weighted by molar-refractivity contribution is 1.07. The van der Waals surface area contributed by atoms with Crippen molar-refractivity contribution in [1.29, 1.82) is 0 Å². The molecule has 0 unspecified atom stereocenters. The Morgan fingerprint density at radius 1 is 0.333 bits per heavy atom. The van der Waals surface area contributed by atoms with Crippen molar-refractivity contribution in [3.05, 3.63) is 182 Å². The first-order chi connectivity index (χ1) is 28.2. The molecule has 0 amide bonds. The summed E-state index contributed by atoms with van der Waals surface area (Å²) < 4.78 is 7.45. The van der Waals surface area contributed by atoms with Gasteiger partial charge in [0.25, 0.3) is 0 Å². The summed E-state index contributed by atoms with van der Waals surface area (Å²) in [6.07, 6.45) is 0. The molecule has 8 aromatic carbocycles. The van der Waals surface area contributed by atoms with Crippen molar-refractivity contribution in [2.45, 2.75) is 0 Å². The van der Waals surface area contributed by atoms with Gasteiger partial charge in [0, 0.05) is 73.5 Å². The van der Waals surface area contributed by atoms with E-state index < -0.39 is 0 Å². The van der Waals surface area contributed by atoms with Crippen molar-refractivity contribution in [3.8, 4) is 51.0 Å². The first-order valence-corrected chi connectivity index (χ1v) is 20.6. The Balaban J connectivity index is 0.962. The molecule has 0 saturated heterocycles. The number of fused-ring (bicyclic) bond motifs is 9. The van der Waals surface area contributed by atoms with Crippen LogP contribution in [0.1, 0.15) is 0 Å². The second-order valence-electron chi connectivity index (χ2n) is 14.4. The second kappa shape index (κ2) is 12.8. The summed E-state index contributed by atoms with van der Waals surface area (Å²) in [5, 5.41) is 7.65. The zero-order chi connectivity index (χ0) is 37.5. The van der Waals surface area contributed by atoms with Gasteiger partial charge in [-0.15, -0.1) is 22.7 Å². The van der Waals surface area contributed by atoms with Crippen molar-refractivity contribution in [2.75, 3.05) is 0 Å². The topological polar surface area (TPSA) is 43.6 Å². The molecule has 57 heavy (non-hydrogen) atoms. The van der Waals surface area contributed by atoms with Crippen LogP contribution in [-0.4, -0.2) is 19.5 Å². The van der Waals surface area contributed by atoms with Crippen LogP contribution in [0, 0.1) is 0 Å². The fourth-order valence-electron chi connectivity index (χ4n) is 8.42. The van der Waals surface area contributed by atoms with Gasteiger partial charge in [-0.25, -0.2) is 15.0 Å². The van der Waals surface area contributed by atoms with Crippen LogP contribution in [0.2, 0.25) is 0 Å². The van der Waals surface area contributed by atoms with E-state index >= 15 is 0 Å². The Morgan fingerprint density at radius 3 is 1.61 bits per heavy atom. The predicted molar refractivity (Wildman–Crippen MR) is 242 cm³/mol. The Kier molecular flexibility index (Phi) is 7.24. The van der Waals surface area contributed by atoms with E-state index in [1.807, 2.05) is 83.3 Å². The maximum absolute atomic E-state index is 4.99. The molecule has 0 saturated carbocycles. The Bertz CT molecular complexity index is 3410. The average Bonchev–Trinajstić information content (AvgIpc) is 3.95. The zero-order valence-electron chi connectivity index (χ0n) is 30.4. The minimum Gasteiger partial charge on any atom is -0.309 e. The molecule has 0 aliphatic carbocycles. The number of benzene rings is 8. The molecule has 0 fully saturated rings. The molecule has 0 N–H and O–H groups in total. The van der Waals surface area contributed by atoms with Gasteiger partial charge in [0.15, 0.2) is 17.5 Å². The second-order valence-corrected chi connectivity index (χ2v) is 16.6. The Labute approximate surface area is 335 Å². The standard InChI is InChI=1S/C51H30N4S2/c1-3-12-31(13-4-1)49-52-50(32-14-5-2-6-15-32)54-51(53-49)34-22-25-39-41-28-33(23-27-44(41)56-46(39)29-34)36-18-11-21-45-48(36)40-26-24-35(30-47(40)57-45)55-42-19-9-7-16-37(42)38-17-8-10-20-43(38)55/h1-30H. The summed E-state index contributed by atoms with van der Waals surface area (Å²) in [7, 11) is 0. The fourth-order valence-corrected chi connectivity index (χ4v) is 10.7. The molecule has 4 heterocycles. The van der Waals surface area contributed by atoms with Crippen molar-refractivity contribution in [2.24, 2.45) is 0 Å². The summed E-state index contributed by atoms with van der Waals surface area (Å²) in [6, 6.07) is 65.0. The Morgan fingerprint density at radius 2 is 0.912 bits per heavy atom. The van der Waals surface area contributed by atoms with Crippen LogP contribution in [0.3, 0.4) is 0 Å². The van der Waals surface area contributed by atoms with Crippen molar-refractivity contribution in [1.82, 2.24) is 19.5 Å². The van der Waals surface area contributed by atoms with E-state index in [1.165, 1.54) is 79.0 Å². The lowest BCUT2D eigenvalue weighted by atomic mass is 9.97. The lowest BCUT2D eigenvalue weighted by Gasteiger charge is -2.09. The van der Waals surface area contributed by atoms with E-state index in [9.17, 15) is 0 Å². The summed E-state index contributed by atoms with van der Waals surface area (Å²) in [6.45, 7) is 0. The maximum Gasteiger partial charge on any atom is 0.164 e. The van der Waals surface area contributed by atoms with Crippen LogP contribution in [-0.2, 0) is 0 Å². The average molecular weight is 763 g/mol. The van der Waals surface area contributed by atoms with E-state index in [0.717, 1.165) is 16.7 Å². The molecule has 12 rings (SSSR count). The number of nitrogens with zero attached hydrogens (tertiary/aromatic N) is 4. The van der Waals surface area contributed by atoms with Crippen LogP contribution in [0.25, 0.3) is 113 Å². The van der Waals surface area contributed by atoms with Crippen LogP contribution in [0.5, 0.6) is 0 Å². The molecule has 6 heteroatoms. The minimum absolute atomic E-state index is 0.665. The molecule has 4 aromatic heterocycles. The van der Waals surface area contributed by atoms with Crippen LogP contribution in [0.4, 0.5) is 0 Å². The van der Waals surface area contributed by atoms with E-state index in [0.29, 0.717) is 17.5 Å². The first kappa shape index (κ1) is 32.3. The predicted octanol–water partition coefficient (Wildman–Crippen LogP) is 14.4. The largest absolute Gasteiger partial charge is 0.309 e. The normalized spacial score (nSPS) is 11.9. The molecule has 0 spiro atoms. The van der Waals surface area contributed by atoms with Crippen LogP contribution >= 0.6 is 22.7 Å². The highest BCUT2D eigenvalue weighted by atomic mass is 32.1. The van der Waals surface area contributed by atoms with Crippen molar-refractivity contribution < 1.29 is 0 Å². The summed E-state index contributed by atoms with van der Waals surface area (Å²) in [5.41, 5.74) is 9.02. The van der Waals surface area contributed by atoms with E-state index in [1.54, 1.807) is 0 Å². The third-order valence-corrected chi connectivity index (χ3v) is 13.3. The molecule has 0 bridgehead atoms. The molecular weight excluding hydrogens is 733 g/mol. The van der Waals surface area contributed by atoms with Gasteiger partial charge in [-0.3, -0.25) is 0 Å². The summed E-state index contributed by atoms with van der Waals surface area (Å²) in [4.78, 5) is 14.9. The maximum atomic E-state index is 4.99. The molecule has 266 valence electrons. The molecule has 0 aliphatic heterocycles. The molecule has 0 radical (unpaired) electrons. The third kappa shape index (κ3) is 5.22. The number of aromatic nitrogens is 4. The van der Waals surface area contributed by atoms with Crippen LogP contribution in [0.15, 0.2) is 182 Å². The monoisotopic (exact) mass is 762 g/mol. The Hall–Kier alpha value is -6.99. The van der Waals surface area contributed by atoms with Gasteiger partial charge in [0.05, 0.1) is 11.0 Å². The molecule has 4 nitrogen and oxygen atoms in total. The van der Waals surface area contributed by atoms with E-state index in [4.69, 9.17) is 15.0 Å². The number of para-hydroxylation sites is 2. The van der Waals surface area contributed by atoms with E-state index in [-0.39, 0.29) is 0 Å². The highest BCUT2D eigenvalue weighted by molar-refractivity contribution is 7.26. The van der Waals surface area contributed by atoms with Crippen LogP contribution < -0.4 is 0 Å². The number of rotatable bonds is 5. The molecular formula is C51H30N4S2.